The van der Waals surface area contributed by atoms with Gasteiger partial charge >= 0.3 is 5.97 Å². The number of hydrogen-bond acceptors (Lipinski definition) is 3. The van der Waals surface area contributed by atoms with E-state index >= 15 is 0 Å². The highest BCUT2D eigenvalue weighted by molar-refractivity contribution is 5.87. The zero-order chi connectivity index (χ0) is 10.7. The Morgan fingerprint density at radius 1 is 1.50 bits per heavy atom. The second-order valence-electron chi connectivity index (χ2n) is 2.57. The molecule has 0 unspecified atom stereocenters. The molecular formula is C8H8N2O4. The molecule has 0 atom stereocenters. The number of amides is 1. The summed E-state index contributed by atoms with van der Waals surface area (Å²) in [5.74, 6) is -1.77. The molecule has 1 amide bonds. The van der Waals surface area contributed by atoms with Crippen LogP contribution in [0.25, 0.3) is 0 Å². The van der Waals surface area contributed by atoms with Crippen LogP contribution < -0.4 is 11.0 Å². The molecule has 0 saturated heterocycles. The normalized spacial score (nSPS) is 9.50. The maximum atomic E-state index is 11.3. The van der Waals surface area contributed by atoms with Gasteiger partial charge < -0.3 is 5.11 Å². The zero-order valence-electron chi connectivity index (χ0n) is 7.35. The van der Waals surface area contributed by atoms with Gasteiger partial charge in [-0.25, -0.2) is 9.47 Å². The summed E-state index contributed by atoms with van der Waals surface area (Å²) < 4.78 is 0.825. The molecule has 0 aliphatic heterocycles. The van der Waals surface area contributed by atoms with Crippen molar-refractivity contribution in [3.05, 3.63) is 34.2 Å². The highest BCUT2D eigenvalue weighted by atomic mass is 16.4. The lowest BCUT2D eigenvalue weighted by Gasteiger charge is -2.05. The van der Waals surface area contributed by atoms with Gasteiger partial charge in [0.2, 0.25) is 5.91 Å². The van der Waals surface area contributed by atoms with Crippen LogP contribution in [0.1, 0.15) is 17.3 Å². The van der Waals surface area contributed by atoms with Crippen molar-refractivity contribution in [1.82, 2.24) is 4.68 Å². The van der Waals surface area contributed by atoms with E-state index < -0.39 is 17.4 Å². The molecule has 1 heterocycles. The van der Waals surface area contributed by atoms with E-state index in [1.165, 1.54) is 25.3 Å². The largest absolute Gasteiger partial charge is 0.477 e. The number of carboxylic acids is 1. The SMILES string of the molecule is CC(=O)Nn1cccc(C(=O)O)c1=O. The van der Waals surface area contributed by atoms with Gasteiger partial charge in [0, 0.05) is 13.1 Å². The van der Waals surface area contributed by atoms with E-state index in [9.17, 15) is 14.4 Å². The second-order valence-corrected chi connectivity index (χ2v) is 2.57. The molecule has 1 aromatic heterocycles. The first-order valence-electron chi connectivity index (χ1n) is 3.75. The zero-order valence-corrected chi connectivity index (χ0v) is 7.35. The first-order valence-corrected chi connectivity index (χ1v) is 3.75. The van der Waals surface area contributed by atoms with Crippen LogP contribution in [0.5, 0.6) is 0 Å². The average Bonchev–Trinajstić information content (AvgIpc) is 2.07. The summed E-state index contributed by atoms with van der Waals surface area (Å²) in [6.45, 7) is 1.22. The molecule has 0 fully saturated rings. The number of pyridine rings is 1. The Morgan fingerprint density at radius 2 is 2.14 bits per heavy atom. The predicted molar refractivity (Wildman–Crippen MR) is 47.7 cm³/mol. The fourth-order valence-corrected chi connectivity index (χ4v) is 0.915. The number of aromatic carboxylic acids is 1. The van der Waals surface area contributed by atoms with Gasteiger partial charge in [0.05, 0.1) is 0 Å². The minimum atomic E-state index is -1.32. The van der Waals surface area contributed by atoms with Crippen molar-refractivity contribution in [3.8, 4) is 0 Å². The van der Waals surface area contributed by atoms with Crippen LogP contribution in [-0.4, -0.2) is 21.7 Å². The van der Waals surface area contributed by atoms with Crippen molar-refractivity contribution in [1.29, 1.82) is 0 Å². The van der Waals surface area contributed by atoms with E-state index in [0.717, 1.165) is 4.68 Å². The lowest BCUT2D eigenvalue weighted by Crippen LogP contribution is -2.34. The van der Waals surface area contributed by atoms with Crippen LogP contribution in [0, 0.1) is 0 Å². The van der Waals surface area contributed by atoms with Gasteiger partial charge in [0.1, 0.15) is 5.56 Å². The van der Waals surface area contributed by atoms with E-state index in [0.29, 0.717) is 0 Å². The van der Waals surface area contributed by atoms with Gasteiger partial charge in [-0.2, -0.15) is 0 Å². The van der Waals surface area contributed by atoms with Gasteiger partial charge in [-0.05, 0) is 12.1 Å². The predicted octanol–water partition coefficient (Wildman–Crippen LogP) is -0.363. The summed E-state index contributed by atoms with van der Waals surface area (Å²) >= 11 is 0. The Bertz CT molecular complexity index is 435. The number of rotatable bonds is 2. The maximum absolute atomic E-state index is 11.3. The third-order valence-corrected chi connectivity index (χ3v) is 1.46. The van der Waals surface area contributed by atoms with E-state index in [1.54, 1.807) is 0 Å². The minimum absolute atomic E-state index is 0.388. The molecule has 74 valence electrons. The van der Waals surface area contributed by atoms with Gasteiger partial charge in [-0.3, -0.25) is 15.0 Å². The highest BCUT2D eigenvalue weighted by Crippen LogP contribution is 1.90. The van der Waals surface area contributed by atoms with Gasteiger partial charge in [0.25, 0.3) is 5.56 Å². The number of carbonyl (C=O) groups excluding carboxylic acids is 1. The molecule has 6 nitrogen and oxygen atoms in total. The average molecular weight is 196 g/mol. The Hall–Kier alpha value is -2.11. The van der Waals surface area contributed by atoms with Crippen LogP contribution in [-0.2, 0) is 4.79 Å². The number of aromatic nitrogens is 1. The Labute approximate surface area is 78.8 Å². The first-order chi connectivity index (χ1) is 6.52. The molecule has 2 N–H and O–H groups in total. The van der Waals surface area contributed by atoms with Gasteiger partial charge in [0.15, 0.2) is 0 Å². The van der Waals surface area contributed by atoms with Crippen molar-refractivity contribution in [2.24, 2.45) is 0 Å². The van der Waals surface area contributed by atoms with Crippen molar-refractivity contribution >= 4 is 11.9 Å². The van der Waals surface area contributed by atoms with Gasteiger partial charge in [-0.1, -0.05) is 0 Å². The van der Waals surface area contributed by atoms with Crippen LogP contribution in [0.4, 0.5) is 0 Å². The first kappa shape index (κ1) is 9.97. The van der Waals surface area contributed by atoms with E-state index in [-0.39, 0.29) is 5.56 Å². The summed E-state index contributed by atoms with van der Waals surface area (Å²) in [6, 6.07) is 2.53. The summed E-state index contributed by atoms with van der Waals surface area (Å²) in [7, 11) is 0. The van der Waals surface area contributed by atoms with Gasteiger partial charge in [-0.15, -0.1) is 0 Å². The third kappa shape index (κ3) is 1.98. The monoisotopic (exact) mass is 196 g/mol. The molecule has 0 spiro atoms. The Morgan fingerprint density at radius 3 is 2.64 bits per heavy atom. The quantitative estimate of drug-likeness (QED) is 0.675. The van der Waals surface area contributed by atoms with Crippen LogP contribution in [0.2, 0.25) is 0 Å². The molecule has 0 bridgehead atoms. The molecule has 14 heavy (non-hydrogen) atoms. The summed E-state index contributed by atoms with van der Waals surface area (Å²) in [6.07, 6.45) is 1.27. The molecule has 0 saturated carbocycles. The number of nitrogens with zero attached hydrogens (tertiary/aromatic N) is 1. The number of nitrogens with one attached hydrogen (secondary N) is 1. The van der Waals surface area contributed by atoms with Crippen molar-refractivity contribution in [3.63, 3.8) is 0 Å². The molecule has 1 rings (SSSR count). The topological polar surface area (TPSA) is 88.4 Å². The summed E-state index contributed by atoms with van der Waals surface area (Å²) in [5, 5.41) is 8.60. The van der Waals surface area contributed by atoms with Crippen LogP contribution in [0.3, 0.4) is 0 Å². The van der Waals surface area contributed by atoms with E-state index in [1.807, 2.05) is 0 Å². The maximum Gasteiger partial charge on any atom is 0.341 e. The van der Waals surface area contributed by atoms with Crippen LogP contribution in [0.15, 0.2) is 23.1 Å². The highest BCUT2D eigenvalue weighted by Gasteiger charge is 2.09. The van der Waals surface area contributed by atoms with Crippen molar-refractivity contribution < 1.29 is 14.7 Å². The number of carbonyl (C=O) groups is 2. The molecule has 0 aliphatic carbocycles. The summed E-state index contributed by atoms with van der Waals surface area (Å²) in [5.41, 5.74) is 1.01. The standard InChI is InChI=1S/C8H8N2O4/c1-5(11)9-10-4-2-3-6(7(10)12)8(13)14/h2-4H,1H3,(H,9,11)(H,13,14). The van der Waals surface area contributed by atoms with E-state index in [2.05, 4.69) is 5.43 Å². The molecule has 1 aromatic rings. The lowest BCUT2D eigenvalue weighted by molar-refractivity contribution is -0.115. The molecule has 0 aromatic carbocycles. The number of carboxylic acid groups (broad SMARTS) is 1. The smallest absolute Gasteiger partial charge is 0.341 e. The van der Waals surface area contributed by atoms with Crippen LogP contribution >= 0.6 is 0 Å². The Kier molecular flexibility index (Phi) is 2.66. The Balaban J connectivity index is 3.21. The fourth-order valence-electron chi connectivity index (χ4n) is 0.915. The van der Waals surface area contributed by atoms with Crippen molar-refractivity contribution in [2.45, 2.75) is 6.92 Å². The molecule has 0 aliphatic rings. The lowest BCUT2D eigenvalue weighted by atomic mass is 10.3. The molecule has 0 radical (unpaired) electrons. The third-order valence-electron chi connectivity index (χ3n) is 1.46. The molecule has 6 heteroatoms. The fraction of sp³-hybridized carbons (Fsp3) is 0.125. The summed E-state index contributed by atoms with van der Waals surface area (Å²) in [4.78, 5) is 32.5. The minimum Gasteiger partial charge on any atom is -0.477 e. The molecular weight excluding hydrogens is 188 g/mol. The second kappa shape index (κ2) is 3.73. The number of hydrogen-bond donors (Lipinski definition) is 2. The van der Waals surface area contributed by atoms with Crippen molar-refractivity contribution in [2.75, 3.05) is 5.43 Å². The van der Waals surface area contributed by atoms with E-state index in [4.69, 9.17) is 5.11 Å².